The van der Waals surface area contributed by atoms with E-state index in [2.05, 4.69) is 179 Å². The second kappa shape index (κ2) is 62.6. The van der Waals surface area contributed by atoms with E-state index in [0.29, 0.717) is 25.7 Å². The molecular weight excluding hydrogens is 937 g/mol. The van der Waals surface area contributed by atoms with E-state index in [1.807, 2.05) is 0 Å². The van der Waals surface area contributed by atoms with Crippen LogP contribution in [0.5, 0.6) is 0 Å². The van der Waals surface area contributed by atoms with Crippen LogP contribution in [0.1, 0.15) is 245 Å². The quantitative estimate of drug-likeness (QED) is 0.0261. The van der Waals surface area contributed by atoms with Crippen LogP contribution in [-0.4, -0.2) is 37.2 Å². The third kappa shape index (κ3) is 59.9. The van der Waals surface area contributed by atoms with Crippen LogP contribution in [0.25, 0.3) is 0 Å². The predicted octanol–water partition coefficient (Wildman–Crippen LogP) is 20.9. The number of hydrogen-bond acceptors (Lipinski definition) is 6. The van der Waals surface area contributed by atoms with Crippen molar-refractivity contribution in [3.63, 3.8) is 0 Å². The summed E-state index contributed by atoms with van der Waals surface area (Å²) in [5.41, 5.74) is 0. The van der Waals surface area contributed by atoms with Gasteiger partial charge in [0.25, 0.3) is 0 Å². The third-order valence-electron chi connectivity index (χ3n) is 12.3. The molecule has 0 saturated heterocycles. The molecule has 426 valence electrons. The van der Waals surface area contributed by atoms with Crippen molar-refractivity contribution in [3.8, 4) is 0 Å². The van der Waals surface area contributed by atoms with Crippen LogP contribution in [0, 0.1) is 0 Å². The summed E-state index contributed by atoms with van der Waals surface area (Å²) in [5.74, 6) is -0.979. The van der Waals surface area contributed by atoms with Crippen molar-refractivity contribution in [2.45, 2.75) is 252 Å². The molecular formula is C70H110O6. The Morgan fingerprint density at radius 1 is 0.276 bits per heavy atom. The molecule has 0 aliphatic carbocycles. The molecule has 6 heteroatoms. The largest absolute Gasteiger partial charge is 0.462 e. The molecule has 0 aromatic heterocycles. The molecule has 0 aromatic carbocycles. The van der Waals surface area contributed by atoms with Gasteiger partial charge in [0.05, 0.1) is 0 Å². The van der Waals surface area contributed by atoms with Crippen LogP contribution in [0.3, 0.4) is 0 Å². The Bertz CT molecular complexity index is 1720. The summed E-state index contributed by atoms with van der Waals surface area (Å²) in [5, 5.41) is 0. The monoisotopic (exact) mass is 1050 g/mol. The Hall–Kier alpha value is -4.97. The lowest BCUT2D eigenvalue weighted by molar-refractivity contribution is -0.167. The summed E-state index contributed by atoms with van der Waals surface area (Å²) in [7, 11) is 0. The normalized spacial score (nSPS) is 13.2. The maximum absolute atomic E-state index is 12.8. The highest BCUT2D eigenvalue weighted by Crippen LogP contribution is 2.13. The molecule has 0 rings (SSSR count). The van der Waals surface area contributed by atoms with Crippen molar-refractivity contribution in [1.82, 2.24) is 0 Å². The molecule has 0 aliphatic rings. The number of esters is 3. The number of hydrogen-bond donors (Lipinski definition) is 0. The van der Waals surface area contributed by atoms with Gasteiger partial charge in [0.1, 0.15) is 13.2 Å². The zero-order chi connectivity index (χ0) is 55.0. The smallest absolute Gasteiger partial charge is 0.306 e. The van der Waals surface area contributed by atoms with E-state index in [1.165, 1.54) is 57.8 Å². The Kier molecular flexibility index (Phi) is 58.5. The number of rotatable bonds is 53. The first kappa shape index (κ1) is 71.0. The first-order valence-electron chi connectivity index (χ1n) is 30.5. The van der Waals surface area contributed by atoms with Crippen LogP contribution < -0.4 is 0 Å². The minimum absolute atomic E-state index is 0.103. The fourth-order valence-electron chi connectivity index (χ4n) is 7.71. The summed E-state index contributed by atoms with van der Waals surface area (Å²) >= 11 is 0. The number of unbranched alkanes of at least 4 members (excludes halogenated alkanes) is 16. The fraction of sp³-hybridized carbons (Fsp3) is 0.586. The average molecular weight is 1050 g/mol. The predicted molar refractivity (Wildman–Crippen MR) is 329 cm³/mol. The number of ether oxygens (including phenoxy) is 3. The van der Waals surface area contributed by atoms with Gasteiger partial charge in [-0.2, -0.15) is 0 Å². The maximum Gasteiger partial charge on any atom is 0.306 e. The minimum atomic E-state index is -0.807. The van der Waals surface area contributed by atoms with Gasteiger partial charge in [-0.05, 0) is 135 Å². The van der Waals surface area contributed by atoms with Gasteiger partial charge in [0.15, 0.2) is 6.10 Å². The van der Waals surface area contributed by atoms with Gasteiger partial charge in [0, 0.05) is 19.3 Å². The highest BCUT2D eigenvalue weighted by molar-refractivity contribution is 5.71. The second-order valence-electron chi connectivity index (χ2n) is 19.5. The lowest BCUT2D eigenvalue weighted by atomic mass is 10.1. The Morgan fingerprint density at radius 2 is 0.513 bits per heavy atom. The first-order valence-corrected chi connectivity index (χ1v) is 30.5. The SMILES string of the molecule is CC/C=C\C/C=C\C/C=C\C/C=C\C/C=C\C/C=C\C/C=C\C/C=C\C/C=C\C/C=C\CCCCC(=O)OCC(COC(=O)CCCCCCCC)OC(=O)CCCCCCCC/C=C\C/C=C\C/C=C\CCCCC. The van der Waals surface area contributed by atoms with Gasteiger partial charge in [-0.25, -0.2) is 0 Å². The molecule has 76 heavy (non-hydrogen) atoms. The highest BCUT2D eigenvalue weighted by atomic mass is 16.6. The van der Waals surface area contributed by atoms with Crippen molar-refractivity contribution in [3.05, 3.63) is 158 Å². The molecule has 1 unspecified atom stereocenters. The fourth-order valence-corrected chi connectivity index (χ4v) is 7.71. The molecule has 0 saturated carbocycles. The molecule has 0 aromatic rings. The van der Waals surface area contributed by atoms with Crippen molar-refractivity contribution >= 4 is 17.9 Å². The van der Waals surface area contributed by atoms with Crippen LogP contribution in [0.2, 0.25) is 0 Å². The summed E-state index contributed by atoms with van der Waals surface area (Å²) in [6.45, 7) is 6.37. The number of carbonyl (C=O) groups excluding carboxylic acids is 3. The molecule has 0 aliphatic heterocycles. The van der Waals surface area contributed by atoms with E-state index in [0.717, 1.165) is 141 Å². The molecule has 0 fully saturated rings. The van der Waals surface area contributed by atoms with E-state index in [-0.39, 0.29) is 31.1 Å². The van der Waals surface area contributed by atoms with Crippen molar-refractivity contribution in [1.29, 1.82) is 0 Å². The molecule has 0 bridgehead atoms. The lowest BCUT2D eigenvalue weighted by Crippen LogP contribution is -2.30. The van der Waals surface area contributed by atoms with E-state index in [1.54, 1.807) is 0 Å². The summed E-state index contributed by atoms with van der Waals surface area (Å²) in [6.07, 6.45) is 91.3. The van der Waals surface area contributed by atoms with E-state index in [9.17, 15) is 14.4 Å². The Morgan fingerprint density at radius 3 is 0.855 bits per heavy atom. The number of carbonyl (C=O) groups is 3. The second-order valence-corrected chi connectivity index (χ2v) is 19.5. The molecule has 6 nitrogen and oxygen atoms in total. The minimum Gasteiger partial charge on any atom is -0.462 e. The topological polar surface area (TPSA) is 78.9 Å². The summed E-state index contributed by atoms with van der Waals surface area (Å²) < 4.78 is 16.7. The zero-order valence-electron chi connectivity index (χ0n) is 48.7. The van der Waals surface area contributed by atoms with Crippen LogP contribution in [0.4, 0.5) is 0 Å². The molecule has 0 spiro atoms. The van der Waals surface area contributed by atoms with E-state index < -0.39 is 6.10 Å². The zero-order valence-corrected chi connectivity index (χ0v) is 48.7. The lowest BCUT2D eigenvalue weighted by Gasteiger charge is -2.18. The summed E-state index contributed by atoms with van der Waals surface area (Å²) in [6, 6.07) is 0. The van der Waals surface area contributed by atoms with Gasteiger partial charge < -0.3 is 14.2 Å². The average Bonchev–Trinajstić information content (AvgIpc) is 3.42. The first-order chi connectivity index (χ1) is 37.5. The standard InChI is InChI=1S/C70H110O6/c1-4-7-10-13-16-18-20-22-24-26-28-29-30-31-32-33-34-35-36-37-38-39-40-41-43-44-46-48-50-52-54-57-60-63-69(72)75-66-67(65-74-68(71)62-59-56-15-12-9-6-3)76-70(73)64-61-58-55-53-51-49-47-45-42-27-25-23-21-19-17-14-11-8-5-2/h7,10,16-19,22-25,28-29,31-32,34-35,37-38,40-42,44-46,50,52,67H,4-6,8-9,11-15,20-21,26-27,30,33,36,39,43,47-49,51,53-66H2,1-3H3/b10-7-,18-16-,19-17-,24-22-,25-23-,29-28-,32-31-,35-34-,38-37-,41-40-,45-42-,46-44-,52-50-. The number of allylic oxidation sites excluding steroid dienone is 26. The van der Waals surface area contributed by atoms with Gasteiger partial charge in [-0.1, -0.05) is 249 Å². The maximum atomic E-state index is 12.8. The molecule has 0 radical (unpaired) electrons. The van der Waals surface area contributed by atoms with Crippen LogP contribution in [-0.2, 0) is 28.6 Å². The van der Waals surface area contributed by atoms with Gasteiger partial charge in [-0.15, -0.1) is 0 Å². The molecule has 0 heterocycles. The van der Waals surface area contributed by atoms with Crippen molar-refractivity contribution in [2.24, 2.45) is 0 Å². The molecule has 1 atom stereocenters. The molecule has 0 N–H and O–H groups in total. The van der Waals surface area contributed by atoms with Gasteiger partial charge >= 0.3 is 17.9 Å². The van der Waals surface area contributed by atoms with Crippen molar-refractivity contribution in [2.75, 3.05) is 13.2 Å². The van der Waals surface area contributed by atoms with E-state index in [4.69, 9.17) is 14.2 Å². The van der Waals surface area contributed by atoms with Crippen LogP contribution in [0.15, 0.2) is 158 Å². The Balaban J connectivity index is 4.26. The summed E-state index contributed by atoms with van der Waals surface area (Å²) in [4.78, 5) is 37.9. The van der Waals surface area contributed by atoms with Gasteiger partial charge in [0.2, 0.25) is 0 Å². The Labute approximate surface area is 467 Å². The van der Waals surface area contributed by atoms with Gasteiger partial charge in [-0.3, -0.25) is 14.4 Å². The van der Waals surface area contributed by atoms with Crippen molar-refractivity contribution < 1.29 is 28.6 Å². The highest BCUT2D eigenvalue weighted by Gasteiger charge is 2.19. The third-order valence-corrected chi connectivity index (χ3v) is 12.3. The van der Waals surface area contributed by atoms with E-state index >= 15 is 0 Å². The van der Waals surface area contributed by atoms with Crippen LogP contribution >= 0.6 is 0 Å². The molecule has 0 amide bonds.